The van der Waals surface area contributed by atoms with Crippen LogP contribution in [0.4, 0.5) is 5.69 Å². The summed E-state index contributed by atoms with van der Waals surface area (Å²) in [6.45, 7) is 1.51. The van der Waals surface area contributed by atoms with Crippen molar-refractivity contribution in [1.29, 1.82) is 5.26 Å². The van der Waals surface area contributed by atoms with Crippen molar-refractivity contribution in [3.63, 3.8) is 0 Å². The van der Waals surface area contributed by atoms with Crippen molar-refractivity contribution in [2.24, 2.45) is 0 Å². The summed E-state index contributed by atoms with van der Waals surface area (Å²) < 4.78 is 3.69. The number of nitro groups is 1. The Morgan fingerprint density at radius 3 is 2.82 bits per heavy atom. The third-order valence-corrected chi connectivity index (χ3v) is 1.95. The second-order valence-electron chi connectivity index (χ2n) is 1.81. The predicted molar refractivity (Wildman–Crippen MR) is 38.2 cm³/mol. The average molecular weight is 169 g/mol. The van der Waals surface area contributed by atoms with Crippen molar-refractivity contribution in [1.82, 2.24) is 4.37 Å². The molecule has 6 heteroatoms. The van der Waals surface area contributed by atoms with Gasteiger partial charge in [0.2, 0.25) is 4.88 Å². The van der Waals surface area contributed by atoms with Crippen molar-refractivity contribution in [2.45, 2.75) is 6.92 Å². The highest BCUT2D eigenvalue weighted by atomic mass is 32.1. The Morgan fingerprint density at radius 1 is 1.82 bits per heavy atom. The van der Waals surface area contributed by atoms with Crippen molar-refractivity contribution in [2.75, 3.05) is 0 Å². The van der Waals surface area contributed by atoms with Crippen LogP contribution in [0.3, 0.4) is 0 Å². The van der Waals surface area contributed by atoms with Crippen LogP contribution in [-0.4, -0.2) is 9.30 Å². The molecule has 1 aromatic rings. The zero-order valence-corrected chi connectivity index (χ0v) is 6.38. The molecule has 0 aromatic carbocycles. The molecule has 0 bridgehead atoms. The molecule has 0 unspecified atom stereocenters. The van der Waals surface area contributed by atoms with E-state index in [1.54, 1.807) is 6.07 Å². The molecule has 0 aliphatic carbocycles. The SMILES string of the molecule is Cc1nsc(C#N)c1[N+](=O)[O-]. The van der Waals surface area contributed by atoms with Crippen LogP contribution in [-0.2, 0) is 0 Å². The van der Waals surface area contributed by atoms with Crippen molar-refractivity contribution in [3.8, 4) is 6.07 Å². The molecule has 0 saturated heterocycles. The summed E-state index contributed by atoms with van der Waals surface area (Å²) in [5, 5.41) is 18.7. The van der Waals surface area contributed by atoms with Crippen LogP contribution in [0.2, 0.25) is 0 Å². The van der Waals surface area contributed by atoms with E-state index in [1.807, 2.05) is 0 Å². The average Bonchev–Trinajstić information content (AvgIpc) is 2.30. The predicted octanol–water partition coefficient (Wildman–Crippen LogP) is 1.23. The van der Waals surface area contributed by atoms with E-state index in [9.17, 15) is 10.1 Å². The zero-order chi connectivity index (χ0) is 8.43. The Hall–Kier alpha value is -1.48. The van der Waals surface area contributed by atoms with Gasteiger partial charge >= 0.3 is 5.69 Å². The Bertz CT molecular complexity index is 338. The van der Waals surface area contributed by atoms with Gasteiger partial charge in [-0.05, 0) is 18.5 Å². The molecule has 1 heterocycles. The monoisotopic (exact) mass is 169 g/mol. The second kappa shape index (κ2) is 2.64. The standard InChI is InChI=1S/C5H3N3O2S/c1-3-5(8(9)10)4(2-6)11-7-3/h1H3. The van der Waals surface area contributed by atoms with E-state index < -0.39 is 4.92 Å². The van der Waals surface area contributed by atoms with Gasteiger partial charge in [0.1, 0.15) is 11.8 Å². The number of aromatic nitrogens is 1. The van der Waals surface area contributed by atoms with Crippen molar-refractivity contribution in [3.05, 3.63) is 20.7 Å². The van der Waals surface area contributed by atoms with E-state index in [1.165, 1.54) is 6.92 Å². The molecule has 5 nitrogen and oxygen atoms in total. The highest BCUT2D eigenvalue weighted by Crippen LogP contribution is 2.24. The lowest BCUT2D eigenvalue weighted by molar-refractivity contribution is -0.385. The molecule has 0 radical (unpaired) electrons. The minimum absolute atomic E-state index is 0.0625. The Morgan fingerprint density at radius 2 is 2.45 bits per heavy atom. The van der Waals surface area contributed by atoms with E-state index in [0.29, 0.717) is 5.69 Å². The highest BCUT2D eigenvalue weighted by Gasteiger charge is 2.20. The molecule has 0 fully saturated rings. The fraction of sp³-hybridized carbons (Fsp3) is 0.200. The number of aryl methyl sites for hydroxylation is 1. The van der Waals surface area contributed by atoms with Crippen LogP contribution in [0, 0.1) is 28.4 Å². The maximum absolute atomic E-state index is 10.3. The smallest absolute Gasteiger partial charge is 0.258 e. The van der Waals surface area contributed by atoms with E-state index in [4.69, 9.17) is 5.26 Å². The number of hydrogen-bond donors (Lipinski definition) is 0. The molecule has 0 spiro atoms. The minimum atomic E-state index is -0.586. The van der Waals surface area contributed by atoms with Gasteiger partial charge in [-0.2, -0.15) is 9.64 Å². The molecule has 1 aromatic heterocycles. The molecule has 0 amide bonds. The van der Waals surface area contributed by atoms with Crippen molar-refractivity contribution >= 4 is 17.2 Å². The molecule has 0 atom stereocenters. The summed E-state index contributed by atoms with van der Waals surface area (Å²) in [4.78, 5) is 9.76. The Labute approximate surface area is 66.2 Å². The quantitative estimate of drug-likeness (QED) is 0.467. The summed E-state index contributed by atoms with van der Waals surface area (Å²) in [5.74, 6) is 0. The summed E-state index contributed by atoms with van der Waals surface area (Å²) in [7, 11) is 0. The molecule has 11 heavy (non-hydrogen) atoms. The van der Waals surface area contributed by atoms with Gasteiger partial charge < -0.3 is 0 Å². The molecule has 0 saturated carbocycles. The number of rotatable bonds is 1. The molecule has 0 aliphatic rings. The first kappa shape index (κ1) is 7.63. The zero-order valence-electron chi connectivity index (χ0n) is 5.57. The third kappa shape index (κ3) is 1.18. The van der Waals surface area contributed by atoms with Gasteiger partial charge in [-0.1, -0.05) is 0 Å². The lowest BCUT2D eigenvalue weighted by Crippen LogP contribution is -1.90. The topological polar surface area (TPSA) is 79.8 Å². The highest BCUT2D eigenvalue weighted by molar-refractivity contribution is 7.06. The maximum atomic E-state index is 10.3. The summed E-state index contributed by atoms with van der Waals surface area (Å²) in [6.07, 6.45) is 0. The van der Waals surface area contributed by atoms with Gasteiger partial charge in [0.15, 0.2) is 0 Å². The lowest BCUT2D eigenvalue weighted by Gasteiger charge is -1.84. The number of nitrogens with zero attached hydrogens (tertiary/aromatic N) is 3. The lowest BCUT2D eigenvalue weighted by atomic mass is 10.3. The first-order valence-electron chi connectivity index (χ1n) is 2.67. The van der Waals surface area contributed by atoms with Gasteiger partial charge in [0.05, 0.1) is 4.92 Å². The fourth-order valence-corrected chi connectivity index (χ4v) is 1.32. The van der Waals surface area contributed by atoms with Crippen LogP contribution in [0.5, 0.6) is 0 Å². The number of hydrogen-bond acceptors (Lipinski definition) is 5. The molecule has 0 N–H and O–H groups in total. The van der Waals surface area contributed by atoms with E-state index in [0.717, 1.165) is 11.5 Å². The Kier molecular flexibility index (Phi) is 1.83. The molecular formula is C5H3N3O2S. The van der Waals surface area contributed by atoms with Gasteiger partial charge in [-0.3, -0.25) is 10.1 Å². The van der Waals surface area contributed by atoms with Crippen LogP contribution in [0.1, 0.15) is 10.6 Å². The molecule has 56 valence electrons. The van der Waals surface area contributed by atoms with E-state index >= 15 is 0 Å². The van der Waals surface area contributed by atoms with Gasteiger partial charge in [0.25, 0.3) is 0 Å². The first-order chi connectivity index (χ1) is 5.16. The maximum Gasteiger partial charge on any atom is 0.320 e. The fourth-order valence-electron chi connectivity index (χ4n) is 0.653. The van der Waals surface area contributed by atoms with Crippen LogP contribution < -0.4 is 0 Å². The van der Waals surface area contributed by atoms with Crippen LogP contribution in [0.25, 0.3) is 0 Å². The van der Waals surface area contributed by atoms with Crippen LogP contribution in [0.15, 0.2) is 0 Å². The molecule has 0 aliphatic heterocycles. The molecule has 1 rings (SSSR count). The summed E-state index contributed by atoms with van der Waals surface area (Å²) in [5.41, 5.74) is 0.133. The van der Waals surface area contributed by atoms with Crippen LogP contribution >= 0.6 is 11.5 Å². The Balaban J connectivity index is 3.32. The third-order valence-electron chi connectivity index (χ3n) is 1.12. The van der Waals surface area contributed by atoms with Crippen molar-refractivity contribution < 1.29 is 4.92 Å². The largest absolute Gasteiger partial charge is 0.320 e. The second-order valence-corrected chi connectivity index (χ2v) is 2.59. The number of nitriles is 1. The van der Waals surface area contributed by atoms with Gasteiger partial charge in [-0.15, -0.1) is 0 Å². The molecular weight excluding hydrogens is 166 g/mol. The van der Waals surface area contributed by atoms with E-state index in [2.05, 4.69) is 4.37 Å². The van der Waals surface area contributed by atoms with Gasteiger partial charge in [-0.25, -0.2) is 0 Å². The normalized spacial score (nSPS) is 9.09. The summed E-state index contributed by atoms with van der Waals surface area (Å²) in [6, 6.07) is 1.71. The summed E-state index contributed by atoms with van der Waals surface area (Å²) >= 11 is 0.852. The first-order valence-corrected chi connectivity index (χ1v) is 3.45. The minimum Gasteiger partial charge on any atom is -0.258 e. The van der Waals surface area contributed by atoms with E-state index in [-0.39, 0.29) is 10.6 Å². The van der Waals surface area contributed by atoms with Gasteiger partial charge in [0, 0.05) is 0 Å².